The van der Waals surface area contributed by atoms with E-state index in [2.05, 4.69) is 65.8 Å². The molecule has 0 unspecified atom stereocenters. The minimum atomic E-state index is -2.69. The highest BCUT2D eigenvalue weighted by Gasteiger charge is 2.28. The second-order valence-electron chi connectivity index (χ2n) is 12.6. The van der Waals surface area contributed by atoms with E-state index in [9.17, 15) is 4.57 Å². The van der Waals surface area contributed by atoms with Gasteiger partial charge in [-0.3, -0.25) is 4.98 Å². The third kappa shape index (κ3) is 7.49. The lowest BCUT2D eigenvalue weighted by molar-refractivity contribution is 0.304. The predicted octanol–water partition coefficient (Wildman–Crippen LogP) is 6.45. The number of ether oxygens (including phenoxy) is 1. The standard InChI is InChI=1S/C34H44BrN8O2P/c1-5-22-18-29(31(45-24-7-8-24)19-30(22)43-16-12-23(13-17-43)37-15-14-36)41-34-38-20-26(35)33(42-34)40-28-11-10-27-25(9-6-21(2)39-27)32(28)46(3,4)44/h6,9-11,18-20,23-24,37H,5,7-8,12-17,36H2,1-4H3,(H2,38,40,41,42). The summed E-state index contributed by atoms with van der Waals surface area (Å²) in [5.74, 6) is 1.81. The Morgan fingerprint density at radius 1 is 1.04 bits per heavy atom. The molecule has 4 aromatic rings. The molecule has 6 rings (SSSR count). The van der Waals surface area contributed by atoms with Gasteiger partial charge in [0.25, 0.3) is 0 Å². The average Bonchev–Trinajstić information content (AvgIpc) is 3.86. The maximum atomic E-state index is 13.6. The number of pyridine rings is 1. The van der Waals surface area contributed by atoms with E-state index in [-0.39, 0.29) is 6.10 Å². The number of halogens is 1. The lowest BCUT2D eigenvalue weighted by Crippen LogP contribution is -2.44. The first-order chi connectivity index (χ1) is 22.1. The van der Waals surface area contributed by atoms with Crippen LogP contribution in [0.1, 0.15) is 43.9 Å². The van der Waals surface area contributed by atoms with E-state index in [1.165, 1.54) is 11.3 Å². The normalized spacial score (nSPS) is 15.7. The Balaban J connectivity index is 1.29. The number of aromatic nitrogens is 3. The summed E-state index contributed by atoms with van der Waals surface area (Å²) in [5.41, 5.74) is 11.5. The zero-order chi connectivity index (χ0) is 32.4. The van der Waals surface area contributed by atoms with Crippen molar-refractivity contribution in [2.24, 2.45) is 5.73 Å². The molecule has 2 aromatic heterocycles. The van der Waals surface area contributed by atoms with Gasteiger partial charge in [0.2, 0.25) is 5.95 Å². The molecule has 244 valence electrons. The van der Waals surface area contributed by atoms with Crippen LogP contribution in [0.5, 0.6) is 5.75 Å². The Kier molecular flexibility index (Phi) is 9.85. The quantitative estimate of drug-likeness (QED) is 0.122. The van der Waals surface area contributed by atoms with Crippen LogP contribution < -0.4 is 36.6 Å². The van der Waals surface area contributed by atoms with Gasteiger partial charge in [-0.15, -0.1) is 0 Å². The van der Waals surface area contributed by atoms with Gasteiger partial charge in [-0.25, -0.2) is 4.98 Å². The molecule has 10 nitrogen and oxygen atoms in total. The van der Waals surface area contributed by atoms with Gasteiger partial charge in [0.15, 0.2) is 0 Å². The molecule has 0 amide bonds. The number of piperidine rings is 1. The smallest absolute Gasteiger partial charge is 0.229 e. The Labute approximate surface area is 279 Å². The van der Waals surface area contributed by atoms with Crippen LogP contribution in [0.25, 0.3) is 10.9 Å². The molecule has 1 aliphatic carbocycles. The number of rotatable bonds is 12. The van der Waals surface area contributed by atoms with E-state index in [1.807, 2.05) is 31.2 Å². The number of nitrogens with one attached hydrogen (secondary N) is 3. The Hall–Kier alpha value is -3.24. The van der Waals surface area contributed by atoms with Crippen molar-refractivity contribution in [3.05, 3.63) is 58.3 Å². The summed E-state index contributed by atoms with van der Waals surface area (Å²) in [4.78, 5) is 16.6. The van der Waals surface area contributed by atoms with E-state index in [0.29, 0.717) is 28.8 Å². The molecule has 1 aliphatic heterocycles. The van der Waals surface area contributed by atoms with Crippen LogP contribution in [0.4, 0.5) is 28.8 Å². The topological polar surface area (TPSA) is 130 Å². The molecular formula is C34H44BrN8O2P. The van der Waals surface area contributed by atoms with Crippen molar-refractivity contribution in [1.82, 2.24) is 20.3 Å². The van der Waals surface area contributed by atoms with Crippen LogP contribution in [-0.4, -0.2) is 66.6 Å². The highest BCUT2D eigenvalue weighted by molar-refractivity contribution is 9.10. The fraction of sp³-hybridized carbons (Fsp3) is 0.441. The molecular weight excluding hydrogens is 663 g/mol. The summed E-state index contributed by atoms with van der Waals surface area (Å²) in [6, 6.07) is 12.7. The van der Waals surface area contributed by atoms with Crippen molar-refractivity contribution >= 4 is 68.1 Å². The highest BCUT2D eigenvalue weighted by atomic mass is 79.9. The van der Waals surface area contributed by atoms with Gasteiger partial charge in [0, 0.05) is 66.6 Å². The number of fused-ring (bicyclic) bond motifs is 1. The summed E-state index contributed by atoms with van der Waals surface area (Å²) in [5, 5.41) is 12.1. The van der Waals surface area contributed by atoms with E-state index in [1.54, 1.807) is 19.5 Å². The molecule has 12 heteroatoms. The van der Waals surface area contributed by atoms with Gasteiger partial charge in [-0.05, 0) is 98.1 Å². The molecule has 46 heavy (non-hydrogen) atoms. The van der Waals surface area contributed by atoms with Gasteiger partial charge >= 0.3 is 0 Å². The monoisotopic (exact) mass is 706 g/mol. The number of anilines is 5. The number of hydrogen-bond donors (Lipinski definition) is 4. The molecule has 2 fully saturated rings. The second kappa shape index (κ2) is 13.9. The first-order valence-corrected chi connectivity index (χ1v) is 19.6. The van der Waals surface area contributed by atoms with Crippen LogP contribution >= 0.6 is 23.1 Å². The molecule has 1 saturated carbocycles. The second-order valence-corrected chi connectivity index (χ2v) is 16.6. The zero-order valence-electron chi connectivity index (χ0n) is 27.1. The first-order valence-electron chi connectivity index (χ1n) is 16.2. The van der Waals surface area contributed by atoms with Crippen LogP contribution in [0.15, 0.2) is 47.1 Å². The highest BCUT2D eigenvalue weighted by Crippen LogP contribution is 2.43. The van der Waals surface area contributed by atoms with Crippen molar-refractivity contribution in [2.75, 3.05) is 55.0 Å². The van der Waals surface area contributed by atoms with Crippen LogP contribution in [-0.2, 0) is 11.0 Å². The molecule has 3 heterocycles. The molecule has 5 N–H and O–H groups in total. The van der Waals surface area contributed by atoms with Gasteiger partial charge in [0.05, 0.1) is 27.5 Å². The summed E-state index contributed by atoms with van der Waals surface area (Å²) in [7, 11) is -2.69. The molecule has 0 radical (unpaired) electrons. The van der Waals surface area contributed by atoms with Crippen molar-refractivity contribution in [1.29, 1.82) is 0 Å². The van der Waals surface area contributed by atoms with E-state index in [0.717, 1.165) is 90.8 Å². The fourth-order valence-corrected chi connectivity index (χ4v) is 7.87. The van der Waals surface area contributed by atoms with Crippen molar-refractivity contribution < 1.29 is 9.30 Å². The lowest BCUT2D eigenvalue weighted by Gasteiger charge is -2.35. The largest absolute Gasteiger partial charge is 0.488 e. The summed E-state index contributed by atoms with van der Waals surface area (Å²) < 4.78 is 20.7. The molecule has 0 atom stereocenters. The lowest BCUT2D eigenvalue weighted by atomic mass is 10.0. The van der Waals surface area contributed by atoms with E-state index in [4.69, 9.17) is 15.5 Å². The van der Waals surface area contributed by atoms with Crippen LogP contribution in [0.3, 0.4) is 0 Å². The Bertz CT molecular complexity index is 1770. The summed E-state index contributed by atoms with van der Waals surface area (Å²) >= 11 is 3.62. The van der Waals surface area contributed by atoms with Gasteiger partial charge in [0.1, 0.15) is 18.7 Å². The Morgan fingerprint density at radius 3 is 2.52 bits per heavy atom. The fourth-order valence-electron chi connectivity index (χ4n) is 6.10. The van der Waals surface area contributed by atoms with Gasteiger partial charge in [-0.2, -0.15) is 4.98 Å². The average molecular weight is 708 g/mol. The number of benzene rings is 2. The molecule has 0 bridgehead atoms. The number of nitrogens with two attached hydrogens (primary N) is 1. The zero-order valence-corrected chi connectivity index (χ0v) is 29.5. The maximum Gasteiger partial charge on any atom is 0.229 e. The van der Waals surface area contributed by atoms with Crippen molar-refractivity contribution in [3.63, 3.8) is 0 Å². The Morgan fingerprint density at radius 2 is 1.83 bits per heavy atom. The summed E-state index contributed by atoms with van der Waals surface area (Å²) in [6.07, 6.45) is 7.15. The van der Waals surface area contributed by atoms with E-state index >= 15 is 0 Å². The van der Waals surface area contributed by atoms with Gasteiger partial charge in [-0.1, -0.05) is 13.0 Å². The van der Waals surface area contributed by atoms with Crippen LogP contribution in [0, 0.1) is 6.92 Å². The predicted molar refractivity (Wildman–Crippen MR) is 194 cm³/mol. The SMILES string of the molecule is CCc1cc(Nc2ncc(Br)c(Nc3ccc4nc(C)ccc4c3P(C)(C)=O)n2)c(OC2CC2)cc1N1CCC(NCCN)CC1. The third-order valence-electron chi connectivity index (χ3n) is 8.56. The summed E-state index contributed by atoms with van der Waals surface area (Å²) in [6.45, 7) is 11.2. The van der Waals surface area contributed by atoms with Crippen molar-refractivity contribution in [3.8, 4) is 5.75 Å². The number of nitrogens with zero attached hydrogens (tertiary/aromatic N) is 4. The van der Waals surface area contributed by atoms with Crippen LogP contribution in [0.2, 0.25) is 0 Å². The molecule has 1 saturated heterocycles. The molecule has 2 aliphatic rings. The first kappa shape index (κ1) is 32.7. The van der Waals surface area contributed by atoms with Gasteiger partial charge < -0.3 is 35.9 Å². The molecule has 0 spiro atoms. The molecule has 2 aromatic carbocycles. The maximum absolute atomic E-state index is 13.6. The third-order valence-corrected chi connectivity index (χ3v) is 10.7. The minimum Gasteiger partial charge on any atom is -0.488 e. The van der Waals surface area contributed by atoms with Crippen molar-refractivity contribution in [2.45, 2.75) is 58.1 Å². The number of hydrogen-bond acceptors (Lipinski definition) is 10. The minimum absolute atomic E-state index is 0.235. The van der Waals surface area contributed by atoms with E-state index < -0.39 is 7.14 Å². The number of aryl methyl sites for hydroxylation is 2.